The number of nitrogens with one attached hydrogen (secondary N) is 2. The molecular formula is C30H26N4O5. The first-order valence-corrected chi connectivity index (χ1v) is 12.1. The minimum absolute atomic E-state index is 0.0961. The van der Waals surface area contributed by atoms with Crippen LogP contribution in [0.25, 0.3) is 0 Å². The quantitative estimate of drug-likeness (QED) is 0.196. The van der Waals surface area contributed by atoms with Gasteiger partial charge in [0.15, 0.2) is 11.5 Å². The summed E-state index contributed by atoms with van der Waals surface area (Å²) in [4.78, 5) is 25.1. The van der Waals surface area contributed by atoms with Gasteiger partial charge in [-0.15, -0.1) is 0 Å². The summed E-state index contributed by atoms with van der Waals surface area (Å²) in [5, 5.41) is 27.3. The number of ether oxygens (including phenoxy) is 2. The van der Waals surface area contributed by atoms with Crippen molar-refractivity contribution >= 4 is 17.3 Å². The van der Waals surface area contributed by atoms with E-state index in [4.69, 9.17) is 14.7 Å². The number of rotatable bonds is 11. The van der Waals surface area contributed by atoms with E-state index in [9.17, 15) is 14.9 Å². The summed E-state index contributed by atoms with van der Waals surface area (Å²) in [6, 6.07) is 28.8. The molecular weight excluding hydrogens is 496 g/mol. The largest absolute Gasteiger partial charge is 0.493 e. The molecule has 0 saturated heterocycles. The highest BCUT2D eigenvalue weighted by Crippen LogP contribution is 2.39. The maximum absolute atomic E-state index is 13.5. The monoisotopic (exact) mass is 522 g/mol. The molecule has 0 radical (unpaired) electrons. The van der Waals surface area contributed by atoms with Crippen molar-refractivity contribution < 1.29 is 19.2 Å². The molecule has 1 unspecified atom stereocenters. The van der Waals surface area contributed by atoms with E-state index in [1.807, 2.05) is 66.7 Å². The van der Waals surface area contributed by atoms with Gasteiger partial charge in [0, 0.05) is 12.2 Å². The van der Waals surface area contributed by atoms with Crippen molar-refractivity contribution in [3.63, 3.8) is 0 Å². The second kappa shape index (κ2) is 12.7. The van der Waals surface area contributed by atoms with E-state index in [2.05, 4.69) is 10.6 Å². The number of amides is 1. The van der Waals surface area contributed by atoms with Crippen LogP contribution in [0.1, 0.15) is 28.3 Å². The first kappa shape index (κ1) is 26.7. The first-order chi connectivity index (χ1) is 19.0. The van der Waals surface area contributed by atoms with E-state index in [1.165, 1.54) is 19.2 Å². The predicted octanol–water partition coefficient (Wildman–Crippen LogP) is 5.52. The highest BCUT2D eigenvalue weighted by molar-refractivity contribution is 5.87. The van der Waals surface area contributed by atoms with E-state index < -0.39 is 16.9 Å². The smallest absolute Gasteiger partial charge is 0.279 e. The molecule has 1 atom stereocenters. The van der Waals surface area contributed by atoms with Crippen LogP contribution in [0.5, 0.6) is 11.5 Å². The van der Waals surface area contributed by atoms with Crippen molar-refractivity contribution in [2.75, 3.05) is 12.4 Å². The highest BCUT2D eigenvalue weighted by atomic mass is 16.6. The minimum atomic E-state index is -1.15. The molecule has 39 heavy (non-hydrogen) atoms. The topological polar surface area (TPSA) is 127 Å². The number of hydrogen-bond acceptors (Lipinski definition) is 7. The summed E-state index contributed by atoms with van der Waals surface area (Å²) < 4.78 is 11.4. The van der Waals surface area contributed by atoms with Gasteiger partial charge in [-0.25, -0.2) is 0 Å². The first-order valence-electron chi connectivity index (χ1n) is 12.1. The standard InChI is InChI=1S/C30H26N4O5/c1-38-27-16-25(26(34(36)37)17-28(27)39-20-23-10-6-3-7-11-23)29(33-24-14-12-21(18-31)13-15-24)30(35)32-19-22-8-4-2-5-9-22/h2-17,29,33H,19-20H2,1H3,(H,32,35). The molecule has 0 heterocycles. The van der Waals surface area contributed by atoms with Crippen molar-refractivity contribution in [3.8, 4) is 17.6 Å². The zero-order valence-electron chi connectivity index (χ0n) is 21.2. The molecule has 1 amide bonds. The van der Waals surface area contributed by atoms with Crippen LogP contribution in [0.3, 0.4) is 0 Å². The van der Waals surface area contributed by atoms with Gasteiger partial charge in [-0.3, -0.25) is 14.9 Å². The van der Waals surface area contributed by atoms with Gasteiger partial charge in [0.1, 0.15) is 12.6 Å². The average Bonchev–Trinajstić information content (AvgIpc) is 2.98. The summed E-state index contributed by atoms with van der Waals surface area (Å²) >= 11 is 0. The van der Waals surface area contributed by atoms with E-state index in [0.29, 0.717) is 11.3 Å². The third kappa shape index (κ3) is 6.90. The lowest BCUT2D eigenvalue weighted by molar-refractivity contribution is -0.385. The lowest BCUT2D eigenvalue weighted by atomic mass is 10.0. The number of carbonyl (C=O) groups excluding carboxylic acids is 1. The molecule has 0 aliphatic heterocycles. The van der Waals surface area contributed by atoms with Gasteiger partial charge in [-0.05, 0) is 41.5 Å². The van der Waals surface area contributed by atoms with Gasteiger partial charge >= 0.3 is 0 Å². The molecule has 2 N–H and O–H groups in total. The fourth-order valence-corrected chi connectivity index (χ4v) is 3.94. The number of methoxy groups -OCH3 is 1. The summed E-state index contributed by atoms with van der Waals surface area (Å²) in [5.41, 5.74) is 2.50. The molecule has 4 rings (SSSR count). The highest BCUT2D eigenvalue weighted by Gasteiger charge is 2.31. The van der Waals surface area contributed by atoms with E-state index in [1.54, 1.807) is 24.3 Å². The Hall–Kier alpha value is -5.36. The van der Waals surface area contributed by atoms with Gasteiger partial charge in [0.25, 0.3) is 5.69 Å². The number of nitrogens with zero attached hydrogens (tertiary/aromatic N) is 2. The van der Waals surface area contributed by atoms with Crippen molar-refractivity contribution in [2.24, 2.45) is 0 Å². The number of nitro groups is 1. The Labute approximate surface area is 225 Å². The summed E-state index contributed by atoms with van der Waals surface area (Å²) in [6.45, 7) is 0.409. The molecule has 9 heteroatoms. The van der Waals surface area contributed by atoms with Gasteiger partial charge in [0.2, 0.25) is 5.91 Å². The Morgan fingerprint density at radius 1 is 0.949 bits per heavy atom. The molecule has 196 valence electrons. The number of carbonyl (C=O) groups is 1. The van der Waals surface area contributed by atoms with Crippen LogP contribution < -0.4 is 20.1 Å². The van der Waals surface area contributed by atoms with E-state index >= 15 is 0 Å². The molecule has 0 saturated carbocycles. The Balaban J connectivity index is 1.70. The zero-order chi connectivity index (χ0) is 27.6. The van der Waals surface area contributed by atoms with Crippen LogP contribution in [0.2, 0.25) is 0 Å². The number of nitro benzene ring substituents is 1. The molecule has 0 spiro atoms. The molecule has 0 aromatic heterocycles. The fraction of sp³-hybridized carbons (Fsp3) is 0.133. The van der Waals surface area contributed by atoms with Crippen LogP contribution in [-0.4, -0.2) is 17.9 Å². The SMILES string of the molecule is COc1cc(C(Nc2ccc(C#N)cc2)C(=O)NCc2ccccc2)c([N+](=O)[O-])cc1OCc1ccccc1. The zero-order valence-corrected chi connectivity index (χ0v) is 21.2. The maximum Gasteiger partial charge on any atom is 0.279 e. The predicted molar refractivity (Wildman–Crippen MR) is 146 cm³/mol. The van der Waals surface area contributed by atoms with Crippen molar-refractivity contribution in [1.29, 1.82) is 5.26 Å². The molecule has 0 fully saturated rings. The third-order valence-corrected chi connectivity index (χ3v) is 5.95. The fourth-order valence-electron chi connectivity index (χ4n) is 3.94. The average molecular weight is 523 g/mol. The van der Waals surface area contributed by atoms with Crippen molar-refractivity contribution in [3.05, 3.63) is 129 Å². The number of nitriles is 1. The van der Waals surface area contributed by atoms with Gasteiger partial charge in [-0.2, -0.15) is 5.26 Å². The van der Waals surface area contributed by atoms with Crippen LogP contribution in [-0.2, 0) is 17.9 Å². The van der Waals surface area contributed by atoms with Crippen LogP contribution >= 0.6 is 0 Å². The van der Waals surface area contributed by atoms with Crippen molar-refractivity contribution in [2.45, 2.75) is 19.2 Å². The Morgan fingerprint density at radius 2 is 1.59 bits per heavy atom. The lowest BCUT2D eigenvalue weighted by Gasteiger charge is -2.21. The third-order valence-electron chi connectivity index (χ3n) is 5.95. The van der Waals surface area contributed by atoms with Crippen LogP contribution in [0, 0.1) is 21.4 Å². The molecule has 9 nitrogen and oxygen atoms in total. The molecule has 0 aliphatic rings. The van der Waals surface area contributed by atoms with Gasteiger partial charge in [-0.1, -0.05) is 60.7 Å². The van der Waals surface area contributed by atoms with Crippen LogP contribution in [0.4, 0.5) is 11.4 Å². The summed E-state index contributed by atoms with van der Waals surface area (Å²) in [7, 11) is 1.43. The maximum atomic E-state index is 13.5. The van der Waals surface area contributed by atoms with Gasteiger partial charge < -0.3 is 20.1 Å². The summed E-state index contributed by atoms with van der Waals surface area (Å²) in [6.07, 6.45) is 0. The number of anilines is 1. The Bertz CT molecular complexity index is 1470. The number of benzene rings is 4. The van der Waals surface area contributed by atoms with E-state index in [-0.39, 0.29) is 35.9 Å². The van der Waals surface area contributed by atoms with Crippen molar-refractivity contribution in [1.82, 2.24) is 5.32 Å². The molecule has 4 aromatic carbocycles. The van der Waals surface area contributed by atoms with Crippen LogP contribution in [0.15, 0.2) is 97.1 Å². The summed E-state index contributed by atoms with van der Waals surface area (Å²) in [5.74, 6) is -0.0565. The lowest BCUT2D eigenvalue weighted by Crippen LogP contribution is -2.33. The number of hydrogen-bond donors (Lipinski definition) is 2. The Morgan fingerprint density at radius 3 is 2.18 bits per heavy atom. The van der Waals surface area contributed by atoms with E-state index in [0.717, 1.165) is 11.1 Å². The molecule has 4 aromatic rings. The Kier molecular flexibility index (Phi) is 8.72. The minimum Gasteiger partial charge on any atom is -0.493 e. The normalized spacial score (nSPS) is 11.1. The second-order valence-corrected chi connectivity index (χ2v) is 8.56. The molecule has 0 bridgehead atoms. The second-order valence-electron chi connectivity index (χ2n) is 8.56. The van der Waals surface area contributed by atoms with Gasteiger partial charge in [0.05, 0.1) is 35.3 Å². The molecule has 0 aliphatic carbocycles.